The number of nitrogens with zero attached hydrogens (tertiary/aromatic N) is 2. The molecule has 1 aromatic carbocycles. The number of nitro benzene ring substituents is 1. The summed E-state index contributed by atoms with van der Waals surface area (Å²) in [4.78, 5) is 24.6. The van der Waals surface area contributed by atoms with E-state index in [1.54, 1.807) is 37.4 Å². The lowest BCUT2D eigenvalue weighted by atomic mass is 10.1. The minimum atomic E-state index is -0.498. The first-order valence-corrected chi connectivity index (χ1v) is 8.27. The van der Waals surface area contributed by atoms with Gasteiger partial charge in [-0.2, -0.15) is 0 Å². The second-order valence-corrected chi connectivity index (χ2v) is 6.76. The van der Waals surface area contributed by atoms with Crippen molar-refractivity contribution in [3.8, 4) is 17.1 Å². The van der Waals surface area contributed by atoms with Crippen LogP contribution in [0.2, 0.25) is 0 Å². The van der Waals surface area contributed by atoms with Gasteiger partial charge in [0.05, 0.1) is 28.6 Å². The first-order chi connectivity index (χ1) is 11.9. The number of furan rings is 1. The minimum Gasteiger partial charge on any atom is -0.497 e. The molecule has 1 aliphatic rings. The molecule has 7 nitrogen and oxygen atoms in total. The molecule has 25 heavy (non-hydrogen) atoms. The number of benzene rings is 1. The molecule has 2 heterocycles. The molecule has 1 fully saturated rings. The summed E-state index contributed by atoms with van der Waals surface area (Å²) in [6, 6.07) is 7.77. The number of ether oxygens (including phenoxy) is 1. The van der Waals surface area contributed by atoms with Crippen molar-refractivity contribution in [1.29, 1.82) is 0 Å². The molecule has 1 aliphatic heterocycles. The van der Waals surface area contributed by atoms with Gasteiger partial charge in [0.15, 0.2) is 0 Å². The maximum Gasteiger partial charge on any atom is 0.284 e. The highest BCUT2D eigenvalue weighted by atomic mass is 32.2. The average molecular weight is 376 g/mol. The van der Waals surface area contributed by atoms with Crippen molar-refractivity contribution >= 4 is 46.0 Å². The number of hydrogen-bond acceptors (Lipinski definition) is 7. The van der Waals surface area contributed by atoms with E-state index in [0.717, 1.165) is 0 Å². The van der Waals surface area contributed by atoms with E-state index in [9.17, 15) is 14.9 Å². The number of carbonyl (C=O) groups excluding carboxylic acids is 1. The van der Waals surface area contributed by atoms with E-state index < -0.39 is 4.92 Å². The molecule has 2 aromatic rings. The molecule has 1 amide bonds. The fourth-order valence-electron chi connectivity index (χ4n) is 2.25. The van der Waals surface area contributed by atoms with Gasteiger partial charge >= 0.3 is 0 Å². The van der Waals surface area contributed by atoms with Crippen LogP contribution in [0.15, 0.2) is 39.7 Å². The zero-order chi connectivity index (χ0) is 18.1. The summed E-state index contributed by atoms with van der Waals surface area (Å²) in [6.07, 6.45) is 1.57. The van der Waals surface area contributed by atoms with Gasteiger partial charge < -0.3 is 9.15 Å². The Bertz CT molecular complexity index is 919. The molecular weight excluding hydrogens is 364 g/mol. The van der Waals surface area contributed by atoms with Gasteiger partial charge in [-0.25, -0.2) is 0 Å². The van der Waals surface area contributed by atoms with Crippen LogP contribution >= 0.6 is 24.0 Å². The summed E-state index contributed by atoms with van der Waals surface area (Å²) in [5, 5.41) is 11.3. The third-order valence-electron chi connectivity index (χ3n) is 3.55. The third kappa shape index (κ3) is 3.28. The van der Waals surface area contributed by atoms with E-state index in [1.807, 2.05) is 0 Å². The smallest absolute Gasteiger partial charge is 0.284 e. The van der Waals surface area contributed by atoms with Gasteiger partial charge in [-0.15, -0.1) is 0 Å². The lowest BCUT2D eigenvalue weighted by Crippen LogP contribution is -2.22. The van der Waals surface area contributed by atoms with Gasteiger partial charge in [0.2, 0.25) is 0 Å². The molecule has 0 aliphatic carbocycles. The van der Waals surface area contributed by atoms with Crippen LogP contribution in [0, 0.1) is 10.1 Å². The van der Waals surface area contributed by atoms with Crippen molar-refractivity contribution < 1.29 is 18.9 Å². The molecular formula is C16H12N2O5S2. The highest BCUT2D eigenvalue weighted by Gasteiger charge is 2.29. The Kier molecular flexibility index (Phi) is 4.60. The first kappa shape index (κ1) is 17.2. The average Bonchev–Trinajstić information content (AvgIpc) is 3.15. The summed E-state index contributed by atoms with van der Waals surface area (Å²) >= 11 is 6.25. The van der Waals surface area contributed by atoms with Crippen LogP contribution < -0.4 is 4.74 Å². The summed E-state index contributed by atoms with van der Waals surface area (Å²) in [5.74, 6) is 0.916. The number of likely N-dealkylation sites (N-methyl/N-ethyl adjacent to an activating group) is 1. The van der Waals surface area contributed by atoms with Gasteiger partial charge in [-0.3, -0.25) is 19.8 Å². The minimum absolute atomic E-state index is 0.125. The number of amides is 1. The van der Waals surface area contributed by atoms with E-state index in [1.165, 1.54) is 29.8 Å². The second kappa shape index (κ2) is 6.69. The van der Waals surface area contributed by atoms with Crippen LogP contribution in [0.25, 0.3) is 17.4 Å². The zero-order valence-electron chi connectivity index (χ0n) is 13.2. The highest BCUT2D eigenvalue weighted by Crippen LogP contribution is 2.36. The highest BCUT2D eigenvalue weighted by molar-refractivity contribution is 8.26. The molecule has 0 radical (unpaired) electrons. The van der Waals surface area contributed by atoms with Crippen molar-refractivity contribution in [1.82, 2.24) is 4.90 Å². The number of hydrogen-bond donors (Lipinski definition) is 0. The maximum absolute atomic E-state index is 12.0. The number of thioether (sulfide) groups is 1. The predicted octanol–water partition coefficient (Wildman–Crippen LogP) is 3.69. The Hall–Kier alpha value is -2.65. The second-order valence-electron chi connectivity index (χ2n) is 5.08. The Morgan fingerprint density at radius 1 is 1.36 bits per heavy atom. The van der Waals surface area contributed by atoms with E-state index in [4.69, 9.17) is 21.4 Å². The molecule has 0 spiro atoms. The molecule has 0 unspecified atom stereocenters. The Labute approximate surface area is 152 Å². The first-order valence-electron chi connectivity index (χ1n) is 7.05. The third-order valence-corrected chi connectivity index (χ3v) is 5.04. The van der Waals surface area contributed by atoms with Crippen LogP contribution in [0.5, 0.6) is 5.75 Å². The molecule has 128 valence electrons. The van der Waals surface area contributed by atoms with Crippen LogP contribution in [0.1, 0.15) is 5.76 Å². The summed E-state index contributed by atoms with van der Waals surface area (Å²) in [5.41, 5.74) is 0.202. The SMILES string of the molecule is COc1ccc(-c2ccc(/C=C3\SC(=S)N(C)C3=O)o2)c([N+](=O)[O-])c1. The van der Waals surface area contributed by atoms with E-state index in [0.29, 0.717) is 32.1 Å². The lowest BCUT2D eigenvalue weighted by molar-refractivity contribution is -0.384. The van der Waals surface area contributed by atoms with Gasteiger partial charge in [0, 0.05) is 13.1 Å². The van der Waals surface area contributed by atoms with Gasteiger partial charge in [0.1, 0.15) is 21.6 Å². The standard InChI is InChI=1S/C16H12N2O5S2/c1-17-15(19)14(25-16(17)24)8-10-4-6-13(23-10)11-5-3-9(22-2)7-12(11)18(20)21/h3-8H,1-2H3/b14-8-. The monoisotopic (exact) mass is 376 g/mol. The fourth-order valence-corrected chi connectivity index (χ4v) is 3.41. The van der Waals surface area contributed by atoms with Crippen molar-refractivity contribution in [2.75, 3.05) is 14.2 Å². The fraction of sp³-hybridized carbons (Fsp3) is 0.125. The topological polar surface area (TPSA) is 85.8 Å². The number of rotatable bonds is 4. The summed E-state index contributed by atoms with van der Waals surface area (Å²) in [6.45, 7) is 0. The Morgan fingerprint density at radius 3 is 2.72 bits per heavy atom. The number of methoxy groups -OCH3 is 1. The van der Waals surface area contributed by atoms with E-state index >= 15 is 0 Å². The number of nitro groups is 1. The Morgan fingerprint density at radius 2 is 2.12 bits per heavy atom. The van der Waals surface area contributed by atoms with Crippen LogP contribution in [0.4, 0.5) is 5.69 Å². The van der Waals surface area contributed by atoms with Crippen molar-refractivity contribution in [3.05, 3.63) is 51.1 Å². The molecule has 0 N–H and O–H groups in total. The van der Waals surface area contributed by atoms with Crippen LogP contribution in [-0.4, -0.2) is 34.2 Å². The van der Waals surface area contributed by atoms with E-state index in [-0.39, 0.29) is 11.6 Å². The largest absolute Gasteiger partial charge is 0.497 e. The lowest BCUT2D eigenvalue weighted by Gasteiger charge is -2.03. The molecule has 0 atom stereocenters. The summed E-state index contributed by atoms with van der Waals surface area (Å²) in [7, 11) is 3.04. The van der Waals surface area contributed by atoms with Crippen molar-refractivity contribution in [3.63, 3.8) is 0 Å². The molecule has 0 bridgehead atoms. The molecule has 1 saturated heterocycles. The predicted molar refractivity (Wildman–Crippen MR) is 98.3 cm³/mol. The van der Waals surface area contributed by atoms with E-state index in [2.05, 4.69) is 0 Å². The maximum atomic E-state index is 12.0. The van der Waals surface area contributed by atoms with Gasteiger partial charge in [-0.05, 0) is 24.3 Å². The van der Waals surface area contributed by atoms with Gasteiger partial charge in [0.25, 0.3) is 11.6 Å². The molecule has 3 rings (SSSR count). The molecule has 1 aromatic heterocycles. The van der Waals surface area contributed by atoms with Crippen molar-refractivity contribution in [2.45, 2.75) is 0 Å². The normalized spacial score (nSPS) is 15.9. The zero-order valence-corrected chi connectivity index (χ0v) is 14.8. The molecule has 9 heteroatoms. The van der Waals surface area contributed by atoms with Crippen molar-refractivity contribution in [2.24, 2.45) is 0 Å². The summed E-state index contributed by atoms with van der Waals surface area (Å²) < 4.78 is 11.2. The number of thiocarbonyl (C=S) groups is 1. The van der Waals surface area contributed by atoms with Gasteiger partial charge in [-0.1, -0.05) is 24.0 Å². The molecule has 0 saturated carbocycles. The number of carbonyl (C=O) groups is 1. The Balaban J connectivity index is 1.96. The van der Waals surface area contributed by atoms with Crippen LogP contribution in [0.3, 0.4) is 0 Å². The quantitative estimate of drug-likeness (QED) is 0.348. The van der Waals surface area contributed by atoms with Crippen LogP contribution in [-0.2, 0) is 4.79 Å².